The Hall–Kier alpha value is -2.70. The van der Waals surface area contributed by atoms with Crippen LogP contribution in [0, 0.1) is 20.2 Å². The van der Waals surface area contributed by atoms with Crippen LogP contribution in [0.4, 0.5) is 0 Å². The molecule has 0 amide bonds. The second-order valence-electron chi connectivity index (χ2n) is 4.68. The van der Waals surface area contributed by atoms with Crippen molar-refractivity contribution >= 4 is 35.4 Å². The molecule has 0 spiro atoms. The van der Waals surface area contributed by atoms with Crippen molar-refractivity contribution in [3.63, 3.8) is 0 Å². The van der Waals surface area contributed by atoms with Crippen LogP contribution in [0.15, 0.2) is 59.9 Å². The van der Waals surface area contributed by atoms with Crippen molar-refractivity contribution in [3.05, 3.63) is 101 Å². The number of rotatable bonds is 5. The number of nitro groups is 2. The highest BCUT2D eigenvalue weighted by Gasteiger charge is 2.28. The Morgan fingerprint density at radius 1 is 0.708 bits per heavy atom. The molecular weight excluding hydrogens is 355 g/mol. The average Bonchev–Trinajstić information content (AvgIpc) is 2.54. The Bertz CT molecular complexity index is 757. The largest absolute Gasteiger partial charge is 0.346 e. The molecule has 0 aliphatic carbocycles. The normalized spacial score (nSPS) is 12.1. The van der Waals surface area contributed by atoms with Crippen LogP contribution in [0.2, 0.25) is 10.0 Å². The summed E-state index contributed by atoms with van der Waals surface area (Å²) in [4.78, 5) is 21.0. The molecule has 0 bridgehead atoms. The van der Waals surface area contributed by atoms with E-state index in [-0.39, 0.29) is 0 Å². The van der Waals surface area contributed by atoms with E-state index >= 15 is 0 Å². The Morgan fingerprint density at radius 2 is 1.00 bits per heavy atom. The first-order valence-electron chi connectivity index (χ1n) is 6.60. The van der Waals surface area contributed by atoms with E-state index in [9.17, 15) is 20.2 Å². The third-order valence-electron chi connectivity index (χ3n) is 3.00. The van der Waals surface area contributed by atoms with Crippen LogP contribution in [0.1, 0.15) is 11.1 Å². The van der Waals surface area contributed by atoms with Gasteiger partial charge in [0.1, 0.15) is 0 Å². The van der Waals surface area contributed by atoms with Crippen molar-refractivity contribution in [1.82, 2.24) is 0 Å². The molecule has 2 rings (SSSR count). The fourth-order valence-corrected chi connectivity index (χ4v) is 2.13. The van der Waals surface area contributed by atoms with Gasteiger partial charge in [0, 0.05) is 22.2 Å². The van der Waals surface area contributed by atoms with Gasteiger partial charge in [-0.1, -0.05) is 47.5 Å². The van der Waals surface area contributed by atoms with Gasteiger partial charge in [-0.15, -0.1) is 0 Å². The molecule has 0 aromatic heterocycles. The van der Waals surface area contributed by atoms with Gasteiger partial charge in [-0.25, -0.2) is 0 Å². The molecule has 122 valence electrons. The van der Waals surface area contributed by atoms with Crippen LogP contribution < -0.4 is 0 Å². The maximum atomic E-state index is 11.3. The quantitative estimate of drug-likeness (QED) is 0.427. The van der Waals surface area contributed by atoms with Gasteiger partial charge >= 0.3 is 11.4 Å². The fraction of sp³-hybridized carbons (Fsp3) is 0. The van der Waals surface area contributed by atoms with Crippen molar-refractivity contribution in [2.45, 2.75) is 0 Å². The SMILES string of the molecule is O=[N+]([O-])C(=C/c1ccc(Cl)cc1)/C(=C\c1ccc(Cl)cc1)[N+](=O)[O-]. The monoisotopic (exact) mass is 364 g/mol. The molecule has 0 aliphatic heterocycles. The van der Waals surface area contributed by atoms with Crippen LogP contribution in [-0.4, -0.2) is 9.85 Å². The first-order chi connectivity index (χ1) is 11.4. The summed E-state index contributed by atoms with van der Waals surface area (Å²) in [6, 6.07) is 12.3. The number of benzene rings is 2. The maximum absolute atomic E-state index is 11.3. The second-order valence-corrected chi connectivity index (χ2v) is 5.55. The lowest BCUT2D eigenvalue weighted by atomic mass is 10.1. The molecule has 6 nitrogen and oxygen atoms in total. The number of hydrogen-bond acceptors (Lipinski definition) is 4. The number of hydrogen-bond donors (Lipinski definition) is 0. The summed E-state index contributed by atoms with van der Waals surface area (Å²) >= 11 is 11.5. The molecule has 0 heterocycles. The number of nitrogens with zero attached hydrogens (tertiary/aromatic N) is 2. The third kappa shape index (κ3) is 4.65. The van der Waals surface area contributed by atoms with Crippen molar-refractivity contribution in [3.8, 4) is 0 Å². The van der Waals surface area contributed by atoms with Gasteiger partial charge in [0.05, 0.1) is 9.85 Å². The molecular formula is C16H10Cl2N2O4. The molecule has 24 heavy (non-hydrogen) atoms. The highest BCUT2D eigenvalue weighted by atomic mass is 35.5. The first-order valence-corrected chi connectivity index (χ1v) is 7.36. The van der Waals surface area contributed by atoms with E-state index in [0.29, 0.717) is 21.2 Å². The minimum Gasteiger partial charge on any atom is -0.258 e. The van der Waals surface area contributed by atoms with Gasteiger partial charge in [0.15, 0.2) is 0 Å². The van der Waals surface area contributed by atoms with Gasteiger partial charge in [-0.05, 0) is 35.4 Å². The summed E-state index contributed by atoms with van der Waals surface area (Å²) in [7, 11) is 0. The van der Waals surface area contributed by atoms with Crippen molar-refractivity contribution in [1.29, 1.82) is 0 Å². The Morgan fingerprint density at radius 3 is 1.25 bits per heavy atom. The fourth-order valence-electron chi connectivity index (χ4n) is 1.87. The average molecular weight is 365 g/mol. The summed E-state index contributed by atoms with van der Waals surface area (Å²) in [5, 5.41) is 23.5. The van der Waals surface area contributed by atoms with Gasteiger partial charge in [-0.2, -0.15) is 0 Å². The molecule has 2 aromatic rings. The lowest BCUT2D eigenvalue weighted by Crippen LogP contribution is -2.09. The molecule has 0 radical (unpaired) electrons. The topological polar surface area (TPSA) is 86.3 Å². The molecule has 0 atom stereocenters. The molecule has 0 unspecified atom stereocenters. The molecule has 0 aliphatic rings. The highest BCUT2D eigenvalue weighted by molar-refractivity contribution is 6.30. The van der Waals surface area contributed by atoms with Crippen LogP contribution in [-0.2, 0) is 0 Å². The smallest absolute Gasteiger partial charge is 0.258 e. The lowest BCUT2D eigenvalue weighted by Gasteiger charge is -1.99. The van der Waals surface area contributed by atoms with Gasteiger partial charge in [0.2, 0.25) is 0 Å². The van der Waals surface area contributed by atoms with E-state index < -0.39 is 21.2 Å². The Labute approximate surface area is 146 Å². The van der Waals surface area contributed by atoms with Crippen LogP contribution >= 0.6 is 23.2 Å². The summed E-state index contributed by atoms with van der Waals surface area (Å²) in [6.45, 7) is 0. The zero-order valence-electron chi connectivity index (χ0n) is 12.1. The van der Waals surface area contributed by atoms with Crippen LogP contribution in [0.25, 0.3) is 12.2 Å². The van der Waals surface area contributed by atoms with Gasteiger partial charge in [0.25, 0.3) is 0 Å². The standard InChI is InChI=1S/C16H10Cl2N2O4/c17-13-5-1-11(2-6-13)9-15(19(21)22)16(20(23)24)10-12-3-7-14(18)8-4-12/h1-10H/b15-9+,16-10+. The Kier molecular flexibility index (Phi) is 5.68. The van der Waals surface area contributed by atoms with Gasteiger partial charge in [-0.3, -0.25) is 20.2 Å². The zero-order valence-corrected chi connectivity index (χ0v) is 13.6. The summed E-state index contributed by atoms with van der Waals surface area (Å²) in [5.41, 5.74) is -0.403. The first kappa shape index (κ1) is 17.7. The molecule has 8 heteroatoms. The van der Waals surface area contributed by atoms with Crippen LogP contribution in [0.5, 0.6) is 0 Å². The van der Waals surface area contributed by atoms with E-state index in [1.807, 2.05) is 0 Å². The van der Waals surface area contributed by atoms with Crippen molar-refractivity contribution in [2.24, 2.45) is 0 Å². The molecule has 0 fully saturated rings. The third-order valence-corrected chi connectivity index (χ3v) is 3.51. The minimum absolute atomic E-state index is 0.426. The maximum Gasteiger partial charge on any atom is 0.346 e. The number of halogens is 2. The summed E-state index contributed by atoms with van der Waals surface area (Å²) in [5.74, 6) is 0. The molecule has 2 aromatic carbocycles. The molecule has 0 saturated heterocycles. The van der Waals surface area contributed by atoms with Crippen molar-refractivity contribution < 1.29 is 9.85 Å². The van der Waals surface area contributed by atoms with Gasteiger partial charge < -0.3 is 0 Å². The van der Waals surface area contributed by atoms with E-state index in [0.717, 1.165) is 12.2 Å². The van der Waals surface area contributed by atoms with E-state index in [4.69, 9.17) is 23.2 Å². The second kappa shape index (κ2) is 7.72. The minimum atomic E-state index is -0.793. The van der Waals surface area contributed by atoms with E-state index in [2.05, 4.69) is 0 Å². The summed E-state index contributed by atoms with van der Waals surface area (Å²) in [6.07, 6.45) is 2.25. The zero-order chi connectivity index (χ0) is 17.7. The predicted molar refractivity (Wildman–Crippen MR) is 92.8 cm³/mol. The molecule has 0 N–H and O–H groups in total. The lowest BCUT2D eigenvalue weighted by molar-refractivity contribution is -0.477. The van der Waals surface area contributed by atoms with Crippen molar-refractivity contribution in [2.75, 3.05) is 0 Å². The predicted octanol–water partition coefficient (Wildman–Crippen LogP) is 4.93. The Balaban J connectivity index is 2.52. The highest BCUT2D eigenvalue weighted by Crippen LogP contribution is 2.21. The molecule has 0 saturated carbocycles. The van der Waals surface area contributed by atoms with E-state index in [1.54, 1.807) is 24.3 Å². The van der Waals surface area contributed by atoms with E-state index in [1.165, 1.54) is 24.3 Å². The van der Waals surface area contributed by atoms with Crippen LogP contribution in [0.3, 0.4) is 0 Å². The summed E-state index contributed by atoms with van der Waals surface area (Å²) < 4.78 is 0.